The maximum atomic E-state index is 12.6. The minimum atomic E-state index is -0.422. The molecule has 0 aliphatic heterocycles. The molecular weight excluding hydrogens is 400 g/mol. The number of aromatic nitrogens is 4. The molecular formula is C21H20N6O2S. The molecule has 0 aliphatic carbocycles. The highest BCUT2D eigenvalue weighted by Gasteiger charge is 2.16. The van der Waals surface area contributed by atoms with Gasteiger partial charge in [-0.05, 0) is 25.2 Å². The molecule has 0 bridgehead atoms. The van der Waals surface area contributed by atoms with E-state index in [9.17, 15) is 9.59 Å². The van der Waals surface area contributed by atoms with Crippen LogP contribution in [-0.4, -0.2) is 31.1 Å². The van der Waals surface area contributed by atoms with Gasteiger partial charge in [-0.1, -0.05) is 48.0 Å². The van der Waals surface area contributed by atoms with E-state index < -0.39 is 11.8 Å². The molecule has 0 unspecified atom stereocenters. The smallest absolute Gasteiger partial charge is 0.271 e. The maximum Gasteiger partial charge on any atom is 0.271 e. The first kappa shape index (κ1) is 19.6. The van der Waals surface area contributed by atoms with Gasteiger partial charge in [0.05, 0.1) is 5.56 Å². The molecule has 2 heterocycles. The van der Waals surface area contributed by atoms with Gasteiger partial charge in [-0.15, -0.1) is 0 Å². The van der Waals surface area contributed by atoms with Crippen LogP contribution in [0.25, 0.3) is 22.3 Å². The zero-order valence-electron chi connectivity index (χ0n) is 16.5. The van der Waals surface area contributed by atoms with Crippen LogP contribution in [0.2, 0.25) is 0 Å². The number of hydrazine groups is 1. The molecule has 4 rings (SSSR count). The van der Waals surface area contributed by atoms with Gasteiger partial charge in [-0.2, -0.15) is 5.10 Å². The Morgan fingerprint density at radius 3 is 2.60 bits per heavy atom. The number of nitrogens with one attached hydrogen (secondary N) is 3. The third-order valence-corrected chi connectivity index (χ3v) is 5.14. The minimum absolute atomic E-state index is 0.0889. The zero-order valence-corrected chi connectivity index (χ0v) is 17.3. The van der Waals surface area contributed by atoms with Crippen molar-refractivity contribution in [2.75, 3.05) is 0 Å². The van der Waals surface area contributed by atoms with Crippen molar-refractivity contribution in [2.24, 2.45) is 7.05 Å². The summed E-state index contributed by atoms with van der Waals surface area (Å²) in [5.41, 5.74) is 8.29. The van der Waals surface area contributed by atoms with Gasteiger partial charge in [-0.25, -0.2) is 0 Å². The lowest BCUT2D eigenvalue weighted by Gasteiger charge is -2.09. The molecule has 0 saturated heterocycles. The highest BCUT2D eigenvalue weighted by Crippen LogP contribution is 2.20. The van der Waals surface area contributed by atoms with Crippen molar-refractivity contribution in [3.05, 3.63) is 70.6 Å². The second kappa shape index (κ2) is 7.96. The van der Waals surface area contributed by atoms with Crippen molar-refractivity contribution in [1.29, 1.82) is 0 Å². The Hall–Kier alpha value is -3.72. The number of H-pyrrole nitrogens is 1. The number of carbonyl (C=O) groups excluding carboxylic acids is 2. The second-order valence-electron chi connectivity index (χ2n) is 6.98. The molecule has 9 heteroatoms. The van der Waals surface area contributed by atoms with Gasteiger partial charge >= 0.3 is 0 Å². The summed E-state index contributed by atoms with van der Waals surface area (Å²) < 4.78 is 3.77. The Balaban J connectivity index is 1.47. The number of carbonyl (C=O) groups is 2. The van der Waals surface area contributed by atoms with Crippen LogP contribution in [0.1, 0.15) is 15.9 Å². The molecule has 0 saturated carbocycles. The van der Waals surface area contributed by atoms with E-state index in [4.69, 9.17) is 12.2 Å². The quantitative estimate of drug-likeness (QED) is 0.349. The van der Waals surface area contributed by atoms with Gasteiger partial charge in [0, 0.05) is 29.7 Å². The van der Waals surface area contributed by atoms with Gasteiger partial charge in [0.2, 0.25) is 0 Å². The average molecular weight is 420 g/mol. The molecule has 3 N–H and O–H groups in total. The number of aromatic amines is 1. The predicted molar refractivity (Wildman–Crippen MR) is 116 cm³/mol. The molecule has 0 aliphatic rings. The van der Waals surface area contributed by atoms with Gasteiger partial charge in [0.15, 0.2) is 10.6 Å². The molecule has 2 aromatic carbocycles. The van der Waals surface area contributed by atoms with E-state index in [1.54, 1.807) is 10.8 Å². The van der Waals surface area contributed by atoms with Gasteiger partial charge in [0.25, 0.3) is 11.8 Å². The van der Waals surface area contributed by atoms with E-state index in [2.05, 4.69) is 21.0 Å². The SMILES string of the molecule is Cc1ccc(-c2n[nH]c(=S)n2CC(=O)NNC(=O)c2cn(C)c3ccccc23)cc1. The van der Waals surface area contributed by atoms with Crippen LogP contribution in [0.15, 0.2) is 54.7 Å². The van der Waals surface area contributed by atoms with Gasteiger partial charge in [0.1, 0.15) is 6.54 Å². The van der Waals surface area contributed by atoms with Crippen LogP contribution in [0.5, 0.6) is 0 Å². The number of hydrogen-bond donors (Lipinski definition) is 3. The van der Waals surface area contributed by atoms with E-state index in [-0.39, 0.29) is 6.54 Å². The Labute approximate surface area is 177 Å². The van der Waals surface area contributed by atoms with Crippen molar-refractivity contribution in [3.8, 4) is 11.4 Å². The normalized spacial score (nSPS) is 10.9. The van der Waals surface area contributed by atoms with Crippen LogP contribution in [-0.2, 0) is 18.4 Å². The number of benzene rings is 2. The first-order chi connectivity index (χ1) is 14.4. The minimum Gasteiger partial charge on any atom is -0.350 e. The molecule has 4 aromatic rings. The number of hydrogen-bond acceptors (Lipinski definition) is 4. The second-order valence-corrected chi connectivity index (χ2v) is 7.36. The van der Waals surface area contributed by atoms with Gasteiger partial charge in [-0.3, -0.25) is 30.1 Å². The lowest BCUT2D eigenvalue weighted by Crippen LogP contribution is -2.43. The predicted octanol–water partition coefficient (Wildman–Crippen LogP) is 2.87. The summed E-state index contributed by atoms with van der Waals surface area (Å²) in [4.78, 5) is 25.0. The van der Waals surface area contributed by atoms with Crippen LogP contribution < -0.4 is 10.9 Å². The Morgan fingerprint density at radius 1 is 1.10 bits per heavy atom. The number of para-hydroxylation sites is 1. The van der Waals surface area contributed by atoms with Crippen molar-refractivity contribution >= 4 is 34.9 Å². The third kappa shape index (κ3) is 3.74. The highest BCUT2D eigenvalue weighted by molar-refractivity contribution is 7.71. The third-order valence-electron chi connectivity index (χ3n) is 4.83. The number of fused-ring (bicyclic) bond motifs is 1. The molecule has 0 radical (unpaired) electrons. The molecule has 0 atom stereocenters. The first-order valence-electron chi connectivity index (χ1n) is 9.29. The van der Waals surface area contributed by atoms with E-state index in [1.165, 1.54) is 0 Å². The van der Waals surface area contributed by atoms with Crippen LogP contribution in [0.3, 0.4) is 0 Å². The molecule has 0 spiro atoms. The Kier molecular flexibility index (Phi) is 5.20. The molecule has 30 heavy (non-hydrogen) atoms. The fourth-order valence-corrected chi connectivity index (χ4v) is 3.48. The average Bonchev–Trinajstić information content (AvgIpc) is 3.27. The number of rotatable bonds is 4. The highest BCUT2D eigenvalue weighted by atomic mass is 32.1. The summed E-state index contributed by atoms with van der Waals surface area (Å²) in [7, 11) is 1.87. The summed E-state index contributed by atoms with van der Waals surface area (Å²) in [6, 6.07) is 15.3. The summed E-state index contributed by atoms with van der Waals surface area (Å²) in [6.07, 6.45) is 1.73. The molecule has 152 valence electrons. The standard InChI is InChI=1S/C21H20N6O2S/c1-13-7-9-14(10-8-13)19-23-25-21(30)27(19)12-18(28)22-24-20(29)16-11-26(2)17-6-4-3-5-15(16)17/h3-11H,12H2,1-2H3,(H,22,28)(H,24,29)(H,25,30). The summed E-state index contributed by atoms with van der Waals surface area (Å²) in [6.45, 7) is 1.90. The van der Waals surface area contributed by atoms with Crippen molar-refractivity contribution in [1.82, 2.24) is 30.2 Å². The lowest BCUT2D eigenvalue weighted by atomic mass is 10.1. The Bertz CT molecular complexity index is 1300. The van der Waals surface area contributed by atoms with Crippen LogP contribution in [0.4, 0.5) is 0 Å². The lowest BCUT2D eigenvalue weighted by molar-refractivity contribution is -0.122. The van der Waals surface area contributed by atoms with E-state index in [1.807, 2.05) is 67.1 Å². The summed E-state index contributed by atoms with van der Waals surface area (Å²) in [5, 5.41) is 7.75. The van der Waals surface area contributed by atoms with Crippen LogP contribution in [0, 0.1) is 11.7 Å². The number of aryl methyl sites for hydroxylation is 2. The van der Waals surface area contributed by atoms with Gasteiger partial charge < -0.3 is 4.57 Å². The summed E-state index contributed by atoms with van der Waals surface area (Å²) >= 11 is 5.26. The fourth-order valence-electron chi connectivity index (χ4n) is 3.29. The van der Waals surface area contributed by atoms with Crippen LogP contribution >= 0.6 is 12.2 Å². The maximum absolute atomic E-state index is 12.6. The number of amides is 2. The molecule has 0 fully saturated rings. The summed E-state index contributed by atoms with van der Waals surface area (Å²) in [5.74, 6) is -0.264. The van der Waals surface area contributed by atoms with E-state index in [0.717, 1.165) is 22.0 Å². The fraction of sp³-hybridized carbons (Fsp3) is 0.143. The van der Waals surface area contributed by atoms with Crippen molar-refractivity contribution in [2.45, 2.75) is 13.5 Å². The van der Waals surface area contributed by atoms with E-state index >= 15 is 0 Å². The molecule has 2 aromatic heterocycles. The molecule has 2 amide bonds. The first-order valence-corrected chi connectivity index (χ1v) is 9.70. The van der Waals surface area contributed by atoms with E-state index in [0.29, 0.717) is 16.2 Å². The zero-order chi connectivity index (χ0) is 21.3. The topological polar surface area (TPSA) is 96.7 Å². The largest absolute Gasteiger partial charge is 0.350 e. The van der Waals surface area contributed by atoms with Crippen molar-refractivity contribution < 1.29 is 9.59 Å². The van der Waals surface area contributed by atoms with Crippen molar-refractivity contribution in [3.63, 3.8) is 0 Å². The molecule has 8 nitrogen and oxygen atoms in total. The number of nitrogens with zero attached hydrogens (tertiary/aromatic N) is 3. The monoisotopic (exact) mass is 420 g/mol. The Morgan fingerprint density at radius 2 is 1.83 bits per heavy atom.